The van der Waals surface area contributed by atoms with Crippen molar-refractivity contribution in [3.8, 4) is 0 Å². The third kappa shape index (κ3) is 3.35. The number of carboxylic acids is 1. The maximum atomic E-state index is 10.8. The average molecular weight is 261 g/mol. The number of furan rings is 1. The molecule has 2 N–H and O–H groups in total. The summed E-state index contributed by atoms with van der Waals surface area (Å²) in [5.74, 6) is -0.386. The highest BCUT2D eigenvalue weighted by atomic mass is 16.4. The molecule has 4 heteroatoms. The molecular formula is C15H19NO3. The average Bonchev–Trinajstić information content (AvgIpc) is 2.81. The second-order valence-electron chi connectivity index (χ2n) is 4.93. The SMILES string of the molecule is CCC(C)CNCc1ccc2oc(C(=O)O)cc2c1. The van der Waals surface area contributed by atoms with Crippen molar-refractivity contribution in [2.45, 2.75) is 26.8 Å². The monoisotopic (exact) mass is 261 g/mol. The lowest BCUT2D eigenvalue weighted by molar-refractivity contribution is 0.0665. The van der Waals surface area contributed by atoms with Gasteiger partial charge in [0.25, 0.3) is 0 Å². The smallest absolute Gasteiger partial charge is 0.371 e. The largest absolute Gasteiger partial charge is 0.475 e. The summed E-state index contributed by atoms with van der Waals surface area (Å²) < 4.78 is 5.22. The zero-order chi connectivity index (χ0) is 13.8. The van der Waals surface area contributed by atoms with Crippen molar-refractivity contribution >= 4 is 16.9 Å². The first-order valence-electron chi connectivity index (χ1n) is 6.56. The number of aromatic carboxylic acids is 1. The predicted octanol–water partition coefficient (Wildman–Crippen LogP) is 3.27. The summed E-state index contributed by atoms with van der Waals surface area (Å²) in [5, 5.41) is 13.1. The lowest BCUT2D eigenvalue weighted by Crippen LogP contribution is -2.20. The van der Waals surface area contributed by atoms with Crippen LogP contribution in [0.2, 0.25) is 0 Å². The summed E-state index contributed by atoms with van der Waals surface area (Å²) in [7, 11) is 0. The van der Waals surface area contributed by atoms with E-state index in [0.29, 0.717) is 11.5 Å². The second-order valence-corrected chi connectivity index (χ2v) is 4.93. The van der Waals surface area contributed by atoms with E-state index >= 15 is 0 Å². The first kappa shape index (κ1) is 13.6. The Bertz CT molecular complexity index is 574. The van der Waals surface area contributed by atoms with Crippen LogP contribution in [0.1, 0.15) is 36.4 Å². The number of rotatable bonds is 6. The number of carbonyl (C=O) groups is 1. The second kappa shape index (κ2) is 5.89. The molecule has 1 atom stereocenters. The lowest BCUT2D eigenvalue weighted by atomic mass is 10.1. The van der Waals surface area contributed by atoms with Crippen LogP contribution in [-0.4, -0.2) is 17.6 Å². The number of fused-ring (bicyclic) bond motifs is 1. The minimum absolute atomic E-state index is 0.0142. The molecule has 0 saturated heterocycles. The molecule has 1 aromatic carbocycles. The molecule has 2 aromatic rings. The van der Waals surface area contributed by atoms with Crippen molar-refractivity contribution in [3.05, 3.63) is 35.6 Å². The first-order chi connectivity index (χ1) is 9.10. The van der Waals surface area contributed by atoms with Gasteiger partial charge in [0.15, 0.2) is 0 Å². The van der Waals surface area contributed by atoms with Crippen LogP contribution in [0.15, 0.2) is 28.7 Å². The van der Waals surface area contributed by atoms with Gasteiger partial charge in [0.05, 0.1) is 0 Å². The number of carboxylic acid groups (broad SMARTS) is 1. The molecule has 0 fully saturated rings. The van der Waals surface area contributed by atoms with Gasteiger partial charge in [-0.2, -0.15) is 0 Å². The van der Waals surface area contributed by atoms with Crippen molar-refractivity contribution in [2.24, 2.45) is 5.92 Å². The zero-order valence-electron chi connectivity index (χ0n) is 11.3. The highest BCUT2D eigenvalue weighted by molar-refractivity contribution is 5.91. The number of nitrogens with one attached hydrogen (secondary N) is 1. The maximum absolute atomic E-state index is 10.8. The quantitative estimate of drug-likeness (QED) is 0.837. The molecule has 4 nitrogen and oxygen atoms in total. The Morgan fingerprint density at radius 2 is 2.21 bits per heavy atom. The minimum atomic E-state index is -1.03. The molecular weight excluding hydrogens is 242 g/mol. The van der Waals surface area contributed by atoms with Gasteiger partial charge in [0.2, 0.25) is 5.76 Å². The van der Waals surface area contributed by atoms with Crippen LogP contribution in [0.5, 0.6) is 0 Å². The van der Waals surface area contributed by atoms with Crippen LogP contribution in [-0.2, 0) is 6.54 Å². The number of benzene rings is 1. The van der Waals surface area contributed by atoms with Gasteiger partial charge in [-0.15, -0.1) is 0 Å². The summed E-state index contributed by atoms with van der Waals surface area (Å²) in [4.78, 5) is 10.8. The van der Waals surface area contributed by atoms with E-state index < -0.39 is 5.97 Å². The van der Waals surface area contributed by atoms with Crippen molar-refractivity contribution in [1.82, 2.24) is 5.32 Å². The molecule has 1 unspecified atom stereocenters. The molecule has 1 heterocycles. The molecule has 0 bridgehead atoms. The molecule has 2 rings (SSSR count). The normalized spacial score (nSPS) is 12.7. The van der Waals surface area contributed by atoms with E-state index in [4.69, 9.17) is 9.52 Å². The van der Waals surface area contributed by atoms with Gasteiger partial charge in [0, 0.05) is 11.9 Å². The Balaban J connectivity index is 2.06. The van der Waals surface area contributed by atoms with Gasteiger partial charge in [-0.1, -0.05) is 26.3 Å². The zero-order valence-corrected chi connectivity index (χ0v) is 11.3. The predicted molar refractivity (Wildman–Crippen MR) is 74.3 cm³/mol. The summed E-state index contributed by atoms with van der Waals surface area (Å²) >= 11 is 0. The van der Waals surface area contributed by atoms with Crippen molar-refractivity contribution < 1.29 is 14.3 Å². The van der Waals surface area contributed by atoms with Crippen LogP contribution in [0.25, 0.3) is 11.0 Å². The van der Waals surface area contributed by atoms with Gasteiger partial charge in [-0.05, 0) is 36.2 Å². The van der Waals surface area contributed by atoms with Crippen LogP contribution in [0.4, 0.5) is 0 Å². The highest BCUT2D eigenvalue weighted by Crippen LogP contribution is 2.20. The summed E-state index contributed by atoms with van der Waals surface area (Å²) in [5.41, 5.74) is 1.75. The summed E-state index contributed by atoms with van der Waals surface area (Å²) in [6.07, 6.45) is 1.16. The van der Waals surface area contributed by atoms with E-state index in [2.05, 4.69) is 19.2 Å². The van der Waals surface area contributed by atoms with E-state index in [1.165, 1.54) is 0 Å². The molecule has 0 saturated carbocycles. The van der Waals surface area contributed by atoms with Gasteiger partial charge in [-0.25, -0.2) is 4.79 Å². The molecule has 0 spiro atoms. The van der Waals surface area contributed by atoms with Crippen LogP contribution < -0.4 is 5.32 Å². The molecule has 1 aromatic heterocycles. The Morgan fingerprint density at radius 3 is 2.89 bits per heavy atom. The standard InChI is InChI=1S/C15H19NO3/c1-3-10(2)8-16-9-11-4-5-13-12(6-11)7-14(19-13)15(17)18/h4-7,10,16H,3,8-9H2,1-2H3,(H,17,18). The molecule has 0 aliphatic rings. The topological polar surface area (TPSA) is 62.5 Å². The number of hydrogen-bond acceptors (Lipinski definition) is 3. The van der Waals surface area contributed by atoms with Gasteiger partial charge >= 0.3 is 5.97 Å². The van der Waals surface area contributed by atoms with Crippen molar-refractivity contribution in [1.29, 1.82) is 0 Å². The first-order valence-corrected chi connectivity index (χ1v) is 6.56. The maximum Gasteiger partial charge on any atom is 0.371 e. The van der Waals surface area contributed by atoms with Crippen LogP contribution in [0.3, 0.4) is 0 Å². The number of hydrogen-bond donors (Lipinski definition) is 2. The fraction of sp³-hybridized carbons (Fsp3) is 0.400. The van der Waals surface area contributed by atoms with Crippen molar-refractivity contribution in [2.75, 3.05) is 6.54 Å². The van der Waals surface area contributed by atoms with E-state index in [-0.39, 0.29) is 5.76 Å². The Morgan fingerprint density at radius 1 is 1.42 bits per heavy atom. The van der Waals surface area contributed by atoms with E-state index in [0.717, 1.165) is 30.5 Å². The van der Waals surface area contributed by atoms with Gasteiger partial charge in [0.1, 0.15) is 5.58 Å². The molecule has 102 valence electrons. The van der Waals surface area contributed by atoms with E-state index in [1.807, 2.05) is 18.2 Å². The summed E-state index contributed by atoms with van der Waals surface area (Å²) in [6.45, 7) is 6.16. The Kier molecular flexibility index (Phi) is 4.22. The van der Waals surface area contributed by atoms with Crippen molar-refractivity contribution in [3.63, 3.8) is 0 Å². The van der Waals surface area contributed by atoms with Crippen LogP contribution in [0, 0.1) is 5.92 Å². The minimum Gasteiger partial charge on any atom is -0.475 e. The highest BCUT2D eigenvalue weighted by Gasteiger charge is 2.10. The molecule has 0 aliphatic heterocycles. The summed E-state index contributed by atoms with van der Waals surface area (Å²) in [6, 6.07) is 7.31. The van der Waals surface area contributed by atoms with E-state index in [1.54, 1.807) is 6.07 Å². The van der Waals surface area contributed by atoms with E-state index in [9.17, 15) is 4.79 Å². The van der Waals surface area contributed by atoms with Gasteiger partial charge in [-0.3, -0.25) is 0 Å². The fourth-order valence-electron chi connectivity index (χ4n) is 1.92. The Hall–Kier alpha value is -1.81. The lowest BCUT2D eigenvalue weighted by Gasteiger charge is -2.09. The molecule has 0 aliphatic carbocycles. The third-order valence-electron chi connectivity index (χ3n) is 3.31. The fourth-order valence-corrected chi connectivity index (χ4v) is 1.92. The van der Waals surface area contributed by atoms with Gasteiger partial charge < -0.3 is 14.8 Å². The molecule has 19 heavy (non-hydrogen) atoms. The Labute approximate surface area is 112 Å². The third-order valence-corrected chi connectivity index (χ3v) is 3.31. The molecule has 0 amide bonds. The molecule has 0 radical (unpaired) electrons. The van der Waals surface area contributed by atoms with Crippen LogP contribution >= 0.6 is 0 Å².